The summed E-state index contributed by atoms with van der Waals surface area (Å²) >= 11 is 6.19. The van der Waals surface area contributed by atoms with Gasteiger partial charge in [-0.15, -0.1) is 0 Å². The van der Waals surface area contributed by atoms with E-state index in [0.29, 0.717) is 5.02 Å². The van der Waals surface area contributed by atoms with E-state index >= 15 is 0 Å². The smallest absolute Gasteiger partial charge is 0.108 e. The summed E-state index contributed by atoms with van der Waals surface area (Å²) < 4.78 is 1.85. The van der Waals surface area contributed by atoms with Crippen molar-refractivity contribution in [2.75, 3.05) is 0 Å². The van der Waals surface area contributed by atoms with Crippen molar-refractivity contribution in [3.8, 4) is 0 Å². The molecular formula is C13H23ClN2O. The molecule has 3 nitrogen and oxygen atoms in total. The van der Waals surface area contributed by atoms with Gasteiger partial charge in [0.05, 0.1) is 16.9 Å². The van der Waals surface area contributed by atoms with Crippen LogP contribution in [0.4, 0.5) is 0 Å². The summed E-state index contributed by atoms with van der Waals surface area (Å²) in [6.07, 6.45) is 5.96. The van der Waals surface area contributed by atoms with Crippen LogP contribution in [0.5, 0.6) is 0 Å². The Kier molecular flexibility index (Phi) is 5.47. The number of aryl methyl sites for hydroxylation is 1. The fraction of sp³-hybridized carbons (Fsp3) is 0.769. The minimum Gasteiger partial charge on any atom is -0.384 e. The lowest BCUT2D eigenvalue weighted by atomic mass is 9.89. The minimum absolute atomic E-state index is 0.586. The Balaban J connectivity index is 3.11. The molecule has 0 saturated heterocycles. The summed E-state index contributed by atoms with van der Waals surface area (Å²) in [6, 6.07) is 0. The van der Waals surface area contributed by atoms with Crippen molar-refractivity contribution in [3.05, 3.63) is 16.9 Å². The van der Waals surface area contributed by atoms with Crippen LogP contribution < -0.4 is 0 Å². The predicted molar refractivity (Wildman–Crippen MR) is 71.2 cm³/mol. The molecule has 0 bridgehead atoms. The van der Waals surface area contributed by atoms with Crippen LogP contribution in [0.3, 0.4) is 0 Å². The Bertz CT molecular complexity index is 343. The van der Waals surface area contributed by atoms with E-state index in [4.69, 9.17) is 11.6 Å². The van der Waals surface area contributed by atoms with E-state index in [1.54, 1.807) is 6.20 Å². The Morgan fingerprint density at radius 2 is 1.82 bits per heavy atom. The van der Waals surface area contributed by atoms with Gasteiger partial charge in [0.1, 0.15) is 5.60 Å². The van der Waals surface area contributed by atoms with Crippen LogP contribution in [-0.2, 0) is 12.1 Å². The van der Waals surface area contributed by atoms with E-state index in [1.807, 2.05) is 4.68 Å². The highest BCUT2D eigenvalue weighted by Crippen LogP contribution is 2.35. The van der Waals surface area contributed by atoms with Crippen molar-refractivity contribution in [1.82, 2.24) is 9.78 Å². The molecule has 1 heterocycles. The SMILES string of the molecule is CCCn1ncc(Cl)c1C(O)(CCC)CCC. The molecule has 1 aromatic rings. The van der Waals surface area contributed by atoms with Crippen molar-refractivity contribution in [3.63, 3.8) is 0 Å². The fourth-order valence-corrected chi connectivity index (χ4v) is 2.71. The van der Waals surface area contributed by atoms with E-state index in [-0.39, 0.29) is 0 Å². The lowest BCUT2D eigenvalue weighted by Gasteiger charge is -2.29. The first-order valence-corrected chi connectivity index (χ1v) is 6.91. The molecule has 4 heteroatoms. The molecule has 1 N–H and O–H groups in total. The molecule has 0 atom stereocenters. The topological polar surface area (TPSA) is 38.0 Å². The van der Waals surface area contributed by atoms with Crippen molar-refractivity contribution in [2.24, 2.45) is 0 Å². The maximum absolute atomic E-state index is 10.8. The van der Waals surface area contributed by atoms with Crippen molar-refractivity contribution < 1.29 is 5.11 Å². The zero-order valence-electron chi connectivity index (χ0n) is 11.0. The lowest BCUT2D eigenvalue weighted by Crippen LogP contribution is -2.29. The zero-order valence-corrected chi connectivity index (χ0v) is 11.8. The molecule has 0 aliphatic heterocycles. The van der Waals surface area contributed by atoms with E-state index in [2.05, 4.69) is 25.9 Å². The third kappa shape index (κ3) is 3.23. The summed E-state index contributed by atoms with van der Waals surface area (Å²) in [5, 5.41) is 15.7. The maximum Gasteiger partial charge on any atom is 0.108 e. The number of hydrogen-bond donors (Lipinski definition) is 1. The van der Waals surface area contributed by atoms with E-state index in [0.717, 1.165) is 44.3 Å². The number of aromatic nitrogens is 2. The van der Waals surface area contributed by atoms with Crippen molar-refractivity contribution in [2.45, 2.75) is 65.0 Å². The lowest BCUT2D eigenvalue weighted by molar-refractivity contribution is 0.00826. The highest BCUT2D eigenvalue weighted by Gasteiger charge is 2.33. The van der Waals surface area contributed by atoms with E-state index < -0.39 is 5.60 Å². The van der Waals surface area contributed by atoms with Gasteiger partial charge < -0.3 is 5.11 Å². The molecule has 17 heavy (non-hydrogen) atoms. The molecule has 0 unspecified atom stereocenters. The van der Waals surface area contributed by atoms with Gasteiger partial charge in [0, 0.05) is 6.54 Å². The summed E-state index contributed by atoms with van der Waals surface area (Å²) in [7, 11) is 0. The average Bonchev–Trinajstić information content (AvgIpc) is 2.61. The summed E-state index contributed by atoms with van der Waals surface area (Å²) in [5.74, 6) is 0. The van der Waals surface area contributed by atoms with Crippen LogP contribution in [-0.4, -0.2) is 14.9 Å². The van der Waals surface area contributed by atoms with Gasteiger partial charge in [-0.05, 0) is 19.3 Å². The van der Waals surface area contributed by atoms with E-state index in [1.165, 1.54) is 0 Å². The van der Waals surface area contributed by atoms with Crippen molar-refractivity contribution >= 4 is 11.6 Å². The van der Waals surface area contributed by atoms with Crippen LogP contribution in [0, 0.1) is 0 Å². The fourth-order valence-electron chi connectivity index (χ4n) is 2.40. The number of rotatable bonds is 7. The molecular weight excluding hydrogens is 236 g/mol. The second-order valence-electron chi connectivity index (χ2n) is 4.60. The molecule has 0 saturated carbocycles. The van der Waals surface area contributed by atoms with Crippen LogP contribution >= 0.6 is 11.6 Å². The number of nitrogens with zero attached hydrogens (tertiary/aromatic N) is 2. The standard InChI is InChI=1S/C13H23ClN2O/c1-4-7-13(17,8-5-2)12-11(14)10-15-16(12)9-6-3/h10,17H,4-9H2,1-3H3. The molecule has 98 valence electrons. The highest BCUT2D eigenvalue weighted by atomic mass is 35.5. The molecule has 0 aromatic carbocycles. The Morgan fingerprint density at radius 3 is 2.29 bits per heavy atom. The average molecular weight is 259 g/mol. The van der Waals surface area contributed by atoms with Gasteiger partial charge in [-0.3, -0.25) is 4.68 Å². The molecule has 0 aliphatic rings. The quantitative estimate of drug-likeness (QED) is 0.809. The third-order valence-corrected chi connectivity index (χ3v) is 3.27. The van der Waals surface area contributed by atoms with Gasteiger partial charge in [-0.2, -0.15) is 5.10 Å². The molecule has 0 amide bonds. The first-order valence-electron chi connectivity index (χ1n) is 6.53. The van der Waals surface area contributed by atoms with Gasteiger partial charge in [0.25, 0.3) is 0 Å². The first kappa shape index (κ1) is 14.5. The van der Waals surface area contributed by atoms with Gasteiger partial charge in [-0.25, -0.2) is 0 Å². The van der Waals surface area contributed by atoms with Crippen LogP contribution in [0.25, 0.3) is 0 Å². The Morgan fingerprint density at radius 1 is 1.24 bits per heavy atom. The van der Waals surface area contributed by atoms with Gasteiger partial charge >= 0.3 is 0 Å². The summed E-state index contributed by atoms with van der Waals surface area (Å²) in [5.41, 5.74) is -0.0311. The molecule has 0 aliphatic carbocycles. The molecule has 0 fully saturated rings. The number of hydrogen-bond acceptors (Lipinski definition) is 2. The Labute approximate surface area is 109 Å². The van der Waals surface area contributed by atoms with Crippen LogP contribution in [0.2, 0.25) is 5.02 Å². The second kappa shape index (κ2) is 6.41. The highest BCUT2D eigenvalue weighted by molar-refractivity contribution is 6.31. The first-order chi connectivity index (χ1) is 8.09. The predicted octanol–water partition coefficient (Wildman–Crippen LogP) is 3.73. The molecule has 0 spiro atoms. The summed E-state index contributed by atoms with van der Waals surface area (Å²) in [4.78, 5) is 0. The maximum atomic E-state index is 10.8. The minimum atomic E-state index is -0.827. The molecule has 1 aromatic heterocycles. The van der Waals surface area contributed by atoms with Gasteiger partial charge in [0.2, 0.25) is 0 Å². The second-order valence-corrected chi connectivity index (χ2v) is 5.00. The van der Waals surface area contributed by atoms with Crippen molar-refractivity contribution in [1.29, 1.82) is 0 Å². The summed E-state index contributed by atoms with van der Waals surface area (Å²) in [6.45, 7) is 7.06. The third-order valence-electron chi connectivity index (χ3n) is 3.00. The van der Waals surface area contributed by atoms with Crippen LogP contribution in [0.15, 0.2) is 6.20 Å². The zero-order chi connectivity index (χ0) is 12.9. The normalized spacial score (nSPS) is 12.1. The number of halogens is 1. The van der Waals surface area contributed by atoms with Gasteiger partial charge in [0.15, 0.2) is 0 Å². The van der Waals surface area contributed by atoms with Gasteiger partial charge in [-0.1, -0.05) is 45.2 Å². The van der Waals surface area contributed by atoms with Crippen LogP contribution in [0.1, 0.15) is 58.6 Å². The number of aliphatic hydroxyl groups is 1. The molecule has 1 rings (SSSR count). The van der Waals surface area contributed by atoms with E-state index in [9.17, 15) is 5.11 Å². The molecule has 0 radical (unpaired) electrons. The monoisotopic (exact) mass is 258 g/mol. The Hall–Kier alpha value is -0.540. The largest absolute Gasteiger partial charge is 0.384 e.